The maximum absolute atomic E-state index is 11.5. The summed E-state index contributed by atoms with van der Waals surface area (Å²) in [5, 5.41) is 6.07. The van der Waals surface area contributed by atoms with Crippen molar-refractivity contribution in [3.05, 3.63) is 18.2 Å². The van der Waals surface area contributed by atoms with Gasteiger partial charge in [0.15, 0.2) is 0 Å². The van der Waals surface area contributed by atoms with Gasteiger partial charge >= 0.3 is 6.09 Å². The van der Waals surface area contributed by atoms with Crippen LogP contribution < -0.4 is 10.6 Å². The van der Waals surface area contributed by atoms with Crippen molar-refractivity contribution < 1.29 is 9.53 Å². The fraction of sp³-hybridized carbons (Fsp3) is 0.750. The number of hydrogen-bond donors (Lipinski definition) is 2. The SMILES string of the molecule is CC(CNCCNC(=O)OC(C)(C)C)n1cnc(C2CC2)c1. The van der Waals surface area contributed by atoms with E-state index in [1.807, 2.05) is 27.1 Å². The largest absolute Gasteiger partial charge is 0.444 e. The molecule has 1 atom stereocenters. The van der Waals surface area contributed by atoms with Crippen molar-refractivity contribution in [2.45, 2.75) is 58.1 Å². The summed E-state index contributed by atoms with van der Waals surface area (Å²) in [5.41, 5.74) is 0.769. The topological polar surface area (TPSA) is 68.2 Å². The lowest BCUT2D eigenvalue weighted by Crippen LogP contribution is -2.37. The second-order valence-corrected chi connectivity index (χ2v) is 7.00. The molecule has 1 aromatic heterocycles. The van der Waals surface area contributed by atoms with Crippen LogP contribution in [-0.4, -0.2) is 40.9 Å². The van der Waals surface area contributed by atoms with E-state index >= 15 is 0 Å². The van der Waals surface area contributed by atoms with Crippen molar-refractivity contribution in [1.29, 1.82) is 0 Å². The van der Waals surface area contributed by atoms with Gasteiger partial charge in [-0.25, -0.2) is 9.78 Å². The molecule has 1 heterocycles. The van der Waals surface area contributed by atoms with Crippen molar-refractivity contribution in [2.24, 2.45) is 0 Å². The van der Waals surface area contributed by atoms with Gasteiger partial charge in [0.05, 0.1) is 12.0 Å². The van der Waals surface area contributed by atoms with Crippen molar-refractivity contribution in [2.75, 3.05) is 19.6 Å². The highest BCUT2D eigenvalue weighted by Crippen LogP contribution is 2.39. The zero-order valence-electron chi connectivity index (χ0n) is 14.1. The van der Waals surface area contributed by atoms with Crippen LogP contribution >= 0.6 is 0 Å². The minimum Gasteiger partial charge on any atom is -0.444 e. The lowest BCUT2D eigenvalue weighted by molar-refractivity contribution is 0.0528. The summed E-state index contributed by atoms with van der Waals surface area (Å²) in [5.74, 6) is 0.694. The van der Waals surface area contributed by atoms with Crippen molar-refractivity contribution >= 4 is 6.09 Å². The maximum Gasteiger partial charge on any atom is 0.407 e. The van der Waals surface area contributed by atoms with Crippen LogP contribution in [0.25, 0.3) is 0 Å². The van der Waals surface area contributed by atoms with Gasteiger partial charge in [-0.2, -0.15) is 0 Å². The van der Waals surface area contributed by atoms with Gasteiger partial charge in [0.2, 0.25) is 0 Å². The highest BCUT2D eigenvalue weighted by atomic mass is 16.6. The first-order valence-electron chi connectivity index (χ1n) is 8.06. The summed E-state index contributed by atoms with van der Waals surface area (Å²) in [7, 11) is 0. The number of ether oxygens (including phenoxy) is 1. The monoisotopic (exact) mass is 308 g/mol. The third kappa shape index (κ3) is 5.67. The highest BCUT2D eigenvalue weighted by Gasteiger charge is 2.26. The summed E-state index contributed by atoms with van der Waals surface area (Å²) in [4.78, 5) is 15.9. The van der Waals surface area contributed by atoms with Crippen LogP contribution in [0, 0.1) is 0 Å². The van der Waals surface area contributed by atoms with E-state index in [2.05, 4.69) is 33.3 Å². The third-order valence-corrected chi connectivity index (χ3v) is 3.54. The van der Waals surface area contributed by atoms with Crippen molar-refractivity contribution in [3.63, 3.8) is 0 Å². The molecule has 0 radical (unpaired) electrons. The molecule has 1 unspecified atom stereocenters. The van der Waals surface area contributed by atoms with Gasteiger partial charge in [-0.1, -0.05) is 0 Å². The Kier molecular flexibility index (Phi) is 5.45. The summed E-state index contributed by atoms with van der Waals surface area (Å²) in [6.45, 7) is 9.84. The van der Waals surface area contributed by atoms with Gasteiger partial charge < -0.3 is 19.9 Å². The zero-order chi connectivity index (χ0) is 16.2. The molecule has 1 amide bonds. The normalized spacial score (nSPS) is 16.4. The average Bonchev–Trinajstić information content (AvgIpc) is 3.13. The van der Waals surface area contributed by atoms with E-state index in [9.17, 15) is 4.79 Å². The first-order chi connectivity index (χ1) is 10.3. The van der Waals surface area contributed by atoms with E-state index in [0.717, 1.165) is 6.54 Å². The number of carbonyl (C=O) groups is 1. The van der Waals surface area contributed by atoms with Crippen LogP contribution in [0.1, 0.15) is 58.2 Å². The number of nitrogens with one attached hydrogen (secondary N) is 2. The minimum absolute atomic E-state index is 0.349. The number of imidazole rings is 1. The number of aromatic nitrogens is 2. The first kappa shape index (κ1) is 16.8. The number of carbonyl (C=O) groups excluding carboxylic acids is 1. The Morgan fingerprint density at radius 3 is 2.82 bits per heavy atom. The van der Waals surface area contributed by atoms with Crippen LogP contribution in [-0.2, 0) is 4.74 Å². The van der Waals surface area contributed by atoms with Gasteiger partial charge in [0, 0.05) is 37.8 Å². The number of amides is 1. The fourth-order valence-electron chi connectivity index (χ4n) is 2.17. The summed E-state index contributed by atoms with van der Waals surface area (Å²) in [6, 6.07) is 0.349. The summed E-state index contributed by atoms with van der Waals surface area (Å²) in [6.07, 6.45) is 6.26. The molecular weight excluding hydrogens is 280 g/mol. The molecule has 1 aromatic rings. The predicted octanol–water partition coefficient (Wildman–Crippen LogP) is 2.44. The molecule has 0 aliphatic heterocycles. The molecule has 0 saturated heterocycles. The van der Waals surface area contributed by atoms with Gasteiger partial charge in [0.25, 0.3) is 0 Å². The van der Waals surface area contributed by atoms with Gasteiger partial charge in [-0.3, -0.25) is 0 Å². The molecule has 6 nitrogen and oxygen atoms in total. The molecule has 1 fully saturated rings. The fourth-order valence-corrected chi connectivity index (χ4v) is 2.17. The zero-order valence-corrected chi connectivity index (χ0v) is 14.1. The second kappa shape index (κ2) is 7.13. The van der Waals surface area contributed by atoms with Gasteiger partial charge in [-0.05, 0) is 40.5 Å². The van der Waals surface area contributed by atoms with E-state index in [0.29, 0.717) is 25.0 Å². The Labute approximate surface area is 132 Å². The van der Waals surface area contributed by atoms with E-state index in [4.69, 9.17) is 4.74 Å². The van der Waals surface area contributed by atoms with E-state index < -0.39 is 5.60 Å². The summed E-state index contributed by atoms with van der Waals surface area (Å²) < 4.78 is 7.33. The third-order valence-electron chi connectivity index (χ3n) is 3.54. The number of alkyl carbamates (subject to hydrolysis) is 1. The minimum atomic E-state index is -0.452. The van der Waals surface area contributed by atoms with Gasteiger partial charge in [0.1, 0.15) is 5.60 Å². The lowest BCUT2D eigenvalue weighted by atomic mass is 10.2. The molecule has 1 saturated carbocycles. The first-order valence-corrected chi connectivity index (χ1v) is 8.06. The van der Waals surface area contributed by atoms with Crippen molar-refractivity contribution in [3.8, 4) is 0 Å². The Hall–Kier alpha value is -1.56. The number of hydrogen-bond acceptors (Lipinski definition) is 4. The number of rotatable bonds is 7. The van der Waals surface area contributed by atoms with Crippen LogP contribution in [0.15, 0.2) is 12.5 Å². The Morgan fingerprint density at radius 1 is 1.45 bits per heavy atom. The Morgan fingerprint density at radius 2 is 2.18 bits per heavy atom. The highest BCUT2D eigenvalue weighted by molar-refractivity contribution is 5.67. The van der Waals surface area contributed by atoms with Crippen LogP contribution in [0.5, 0.6) is 0 Å². The van der Waals surface area contributed by atoms with E-state index in [-0.39, 0.29) is 6.09 Å². The van der Waals surface area contributed by atoms with Crippen LogP contribution in [0.3, 0.4) is 0 Å². The summed E-state index contributed by atoms with van der Waals surface area (Å²) >= 11 is 0. The number of nitrogens with zero attached hydrogens (tertiary/aromatic N) is 2. The maximum atomic E-state index is 11.5. The molecule has 0 aromatic carbocycles. The molecule has 2 rings (SSSR count). The van der Waals surface area contributed by atoms with Crippen LogP contribution in [0.4, 0.5) is 4.79 Å². The standard InChI is InChI=1S/C16H28N4O2/c1-12(20-10-14(19-11-20)13-5-6-13)9-17-7-8-18-15(21)22-16(2,3)4/h10-13,17H,5-9H2,1-4H3,(H,18,21). The Balaban J connectivity index is 1.58. The van der Waals surface area contributed by atoms with E-state index in [1.54, 1.807) is 0 Å². The molecule has 124 valence electrons. The van der Waals surface area contributed by atoms with Gasteiger partial charge in [-0.15, -0.1) is 0 Å². The van der Waals surface area contributed by atoms with Crippen molar-refractivity contribution in [1.82, 2.24) is 20.2 Å². The smallest absolute Gasteiger partial charge is 0.407 e. The quantitative estimate of drug-likeness (QED) is 0.759. The lowest BCUT2D eigenvalue weighted by Gasteiger charge is -2.20. The molecule has 6 heteroatoms. The molecule has 22 heavy (non-hydrogen) atoms. The molecule has 0 bridgehead atoms. The predicted molar refractivity (Wildman–Crippen MR) is 86.0 cm³/mol. The second-order valence-electron chi connectivity index (χ2n) is 7.00. The molecular formula is C16H28N4O2. The average molecular weight is 308 g/mol. The van der Waals surface area contributed by atoms with E-state index in [1.165, 1.54) is 18.5 Å². The molecule has 1 aliphatic rings. The molecule has 0 spiro atoms. The Bertz CT molecular complexity index is 489. The molecule has 1 aliphatic carbocycles. The molecule has 2 N–H and O–H groups in total. The van der Waals surface area contributed by atoms with Crippen LogP contribution in [0.2, 0.25) is 0 Å².